The fraction of sp³-hybridized carbons (Fsp3) is 0.333. The highest BCUT2D eigenvalue weighted by Gasteiger charge is 2.16. The maximum atomic E-state index is 14.1. The highest BCUT2D eigenvalue weighted by atomic mass is 19.1. The molecule has 1 unspecified atom stereocenters. The Kier molecular flexibility index (Phi) is 2.85. The van der Waals surface area contributed by atoms with Crippen LogP contribution in [-0.4, -0.2) is 9.97 Å². The van der Waals surface area contributed by atoms with E-state index in [2.05, 4.69) is 9.97 Å². The minimum Gasteiger partial charge on any atom is -0.440 e. The van der Waals surface area contributed by atoms with Gasteiger partial charge in [-0.05, 0) is 30.0 Å². The van der Waals surface area contributed by atoms with E-state index in [-0.39, 0.29) is 22.8 Å². The lowest BCUT2D eigenvalue weighted by atomic mass is 9.96. The van der Waals surface area contributed by atoms with E-state index in [4.69, 9.17) is 4.42 Å². The molecule has 1 N–H and O–H groups in total. The largest absolute Gasteiger partial charge is 0.440 e. The van der Waals surface area contributed by atoms with Crippen LogP contribution in [-0.2, 0) is 0 Å². The first-order valence-corrected chi connectivity index (χ1v) is 6.63. The van der Waals surface area contributed by atoms with E-state index >= 15 is 0 Å². The third kappa shape index (κ3) is 1.81. The number of hydrogen-bond acceptors (Lipinski definition) is 3. The Balaban J connectivity index is 2.45. The van der Waals surface area contributed by atoms with Gasteiger partial charge >= 0.3 is 0 Å². The number of pyridine rings is 1. The molecule has 0 spiro atoms. The van der Waals surface area contributed by atoms with E-state index in [9.17, 15) is 9.18 Å². The molecule has 0 radical (unpaired) electrons. The van der Waals surface area contributed by atoms with Gasteiger partial charge in [0.15, 0.2) is 17.0 Å². The summed E-state index contributed by atoms with van der Waals surface area (Å²) in [5.74, 6) is 0.218. The molecule has 0 saturated heterocycles. The molecule has 2 aromatic heterocycles. The average molecular weight is 274 g/mol. The van der Waals surface area contributed by atoms with E-state index in [1.807, 2.05) is 13.8 Å². The summed E-state index contributed by atoms with van der Waals surface area (Å²) in [4.78, 5) is 18.6. The number of rotatable bonds is 2. The molecule has 20 heavy (non-hydrogen) atoms. The van der Waals surface area contributed by atoms with Crippen molar-refractivity contribution in [3.05, 3.63) is 39.8 Å². The fourth-order valence-corrected chi connectivity index (χ4v) is 2.42. The number of benzene rings is 1. The minimum atomic E-state index is -0.361. The second kappa shape index (κ2) is 4.44. The summed E-state index contributed by atoms with van der Waals surface area (Å²) in [6.45, 7) is 5.67. The number of aryl methyl sites for hydroxylation is 1. The standard InChI is InChI=1S/C15H15FN2O2/c1-4-7(2)9-5-10-12(6-11(9)16)18-15(19)13-14(10)20-8(3)17-13/h5-7H,4H2,1-3H3,(H,18,19). The van der Waals surface area contributed by atoms with Crippen LogP contribution < -0.4 is 5.56 Å². The Hall–Kier alpha value is -2.17. The minimum absolute atomic E-state index is 0.102. The molecule has 0 fully saturated rings. The highest BCUT2D eigenvalue weighted by molar-refractivity contribution is 6.00. The van der Waals surface area contributed by atoms with Crippen LogP contribution in [0.4, 0.5) is 4.39 Å². The van der Waals surface area contributed by atoms with Crippen LogP contribution in [0.1, 0.15) is 37.6 Å². The van der Waals surface area contributed by atoms with Crippen molar-refractivity contribution in [2.75, 3.05) is 0 Å². The van der Waals surface area contributed by atoms with Crippen molar-refractivity contribution in [1.82, 2.24) is 9.97 Å². The Morgan fingerprint density at radius 2 is 2.20 bits per heavy atom. The molecule has 5 heteroatoms. The van der Waals surface area contributed by atoms with E-state index in [0.717, 1.165) is 6.42 Å². The van der Waals surface area contributed by atoms with Crippen molar-refractivity contribution in [3.63, 3.8) is 0 Å². The average Bonchev–Trinajstić information content (AvgIpc) is 2.80. The van der Waals surface area contributed by atoms with Gasteiger partial charge in [0.2, 0.25) is 0 Å². The van der Waals surface area contributed by atoms with Gasteiger partial charge in [0.05, 0.1) is 5.52 Å². The van der Waals surface area contributed by atoms with Gasteiger partial charge in [0.25, 0.3) is 5.56 Å². The zero-order valence-electron chi connectivity index (χ0n) is 11.6. The summed E-state index contributed by atoms with van der Waals surface area (Å²) >= 11 is 0. The summed E-state index contributed by atoms with van der Waals surface area (Å²) in [6, 6.07) is 3.11. The van der Waals surface area contributed by atoms with Gasteiger partial charge in [-0.1, -0.05) is 13.8 Å². The molecule has 0 amide bonds. The second-order valence-electron chi connectivity index (χ2n) is 5.09. The molecule has 0 bridgehead atoms. The van der Waals surface area contributed by atoms with Crippen LogP contribution in [0.5, 0.6) is 0 Å². The van der Waals surface area contributed by atoms with E-state index in [1.165, 1.54) is 6.07 Å². The third-order valence-electron chi connectivity index (χ3n) is 3.72. The van der Waals surface area contributed by atoms with Crippen molar-refractivity contribution in [2.24, 2.45) is 0 Å². The lowest BCUT2D eigenvalue weighted by Gasteiger charge is -2.11. The summed E-state index contributed by atoms with van der Waals surface area (Å²) in [6.07, 6.45) is 0.838. The Bertz CT molecular complexity index is 864. The van der Waals surface area contributed by atoms with Crippen LogP contribution in [0.3, 0.4) is 0 Å². The number of nitrogens with zero attached hydrogens (tertiary/aromatic N) is 1. The summed E-state index contributed by atoms with van der Waals surface area (Å²) < 4.78 is 19.6. The molecule has 1 aromatic carbocycles. The van der Waals surface area contributed by atoms with Gasteiger partial charge in [0.1, 0.15) is 5.82 Å². The molecule has 0 aliphatic rings. The molecular formula is C15H15FN2O2. The third-order valence-corrected chi connectivity index (χ3v) is 3.72. The van der Waals surface area contributed by atoms with Crippen molar-refractivity contribution in [3.8, 4) is 0 Å². The molecule has 4 nitrogen and oxygen atoms in total. The monoisotopic (exact) mass is 274 g/mol. The lowest BCUT2D eigenvalue weighted by Crippen LogP contribution is -2.07. The molecule has 0 saturated carbocycles. The number of fused-ring (bicyclic) bond motifs is 3. The van der Waals surface area contributed by atoms with E-state index in [1.54, 1.807) is 13.0 Å². The number of aromatic amines is 1. The SMILES string of the molecule is CCC(C)c1cc2c(cc1F)[nH]c(=O)c1nc(C)oc12. The Labute approximate surface area is 114 Å². The first-order valence-electron chi connectivity index (χ1n) is 6.63. The zero-order valence-corrected chi connectivity index (χ0v) is 11.6. The number of nitrogens with one attached hydrogen (secondary N) is 1. The molecule has 3 aromatic rings. The number of halogens is 1. The molecular weight excluding hydrogens is 259 g/mol. The normalized spacial score (nSPS) is 13.2. The van der Waals surface area contributed by atoms with Gasteiger partial charge in [-0.15, -0.1) is 0 Å². The molecule has 2 heterocycles. The van der Waals surface area contributed by atoms with Gasteiger partial charge in [-0.2, -0.15) is 0 Å². The second-order valence-corrected chi connectivity index (χ2v) is 5.09. The zero-order chi connectivity index (χ0) is 14.4. The maximum absolute atomic E-state index is 14.1. The van der Waals surface area contributed by atoms with Crippen LogP contribution >= 0.6 is 0 Å². The topological polar surface area (TPSA) is 58.9 Å². The van der Waals surface area contributed by atoms with Crippen LogP contribution in [0, 0.1) is 12.7 Å². The molecule has 104 valence electrons. The van der Waals surface area contributed by atoms with Crippen LogP contribution in [0.2, 0.25) is 0 Å². The van der Waals surface area contributed by atoms with Gasteiger partial charge in [0, 0.05) is 12.3 Å². The molecule has 0 aliphatic heterocycles. The summed E-state index contributed by atoms with van der Waals surface area (Å²) in [5.41, 5.74) is 1.38. The quantitative estimate of drug-likeness (QED) is 0.776. The van der Waals surface area contributed by atoms with Crippen molar-refractivity contribution < 1.29 is 8.81 Å². The van der Waals surface area contributed by atoms with E-state index < -0.39 is 0 Å². The van der Waals surface area contributed by atoms with Gasteiger partial charge < -0.3 is 9.40 Å². The number of H-pyrrole nitrogens is 1. The lowest BCUT2D eigenvalue weighted by molar-refractivity contribution is 0.563. The number of hydrogen-bond donors (Lipinski definition) is 1. The number of aromatic nitrogens is 2. The van der Waals surface area contributed by atoms with Crippen LogP contribution in [0.25, 0.3) is 22.0 Å². The number of oxazole rings is 1. The first kappa shape index (κ1) is 12.8. The predicted octanol–water partition coefficient (Wildman–Crippen LogP) is 3.63. The van der Waals surface area contributed by atoms with Gasteiger partial charge in [-0.3, -0.25) is 4.79 Å². The summed E-state index contributed by atoms with van der Waals surface area (Å²) in [7, 11) is 0. The van der Waals surface area contributed by atoms with Crippen molar-refractivity contribution >= 4 is 22.0 Å². The van der Waals surface area contributed by atoms with Crippen molar-refractivity contribution in [1.29, 1.82) is 0 Å². The highest BCUT2D eigenvalue weighted by Crippen LogP contribution is 2.29. The van der Waals surface area contributed by atoms with Gasteiger partial charge in [-0.25, -0.2) is 9.37 Å². The smallest absolute Gasteiger partial charge is 0.278 e. The molecule has 0 aliphatic carbocycles. The first-order chi connectivity index (χ1) is 9.51. The molecule has 1 atom stereocenters. The fourth-order valence-electron chi connectivity index (χ4n) is 2.42. The maximum Gasteiger partial charge on any atom is 0.278 e. The van der Waals surface area contributed by atoms with Crippen molar-refractivity contribution in [2.45, 2.75) is 33.1 Å². The van der Waals surface area contributed by atoms with E-state index in [0.29, 0.717) is 27.9 Å². The Morgan fingerprint density at radius 1 is 1.45 bits per heavy atom. The molecule has 3 rings (SSSR count). The summed E-state index contributed by atoms with van der Waals surface area (Å²) in [5, 5.41) is 0.692. The Morgan fingerprint density at radius 3 is 2.90 bits per heavy atom. The predicted molar refractivity (Wildman–Crippen MR) is 75.5 cm³/mol. The van der Waals surface area contributed by atoms with Crippen LogP contribution in [0.15, 0.2) is 21.3 Å².